The van der Waals surface area contributed by atoms with Crippen LogP contribution in [0.1, 0.15) is 84.1 Å². The highest BCUT2D eigenvalue weighted by molar-refractivity contribution is 5.76. The second kappa shape index (κ2) is 11.4. The molecule has 0 spiro atoms. The van der Waals surface area contributed by atoms with Gasteiger partial charge in [0.15, 0.2) is 0 Å². The van der Waals surface area contributed by atoms with Gasteiger partial charge in [0, 0.05) is 24.6 Å². The summed E-state index contributed by atoms with van der Waals surface area (Å²) in [4.78, 5) is 12.8. The topological polar surface area (TPSA) is 108 Å². The molecule has 0 unspecified atom stereocenters. The second-order valence-corrected chi connectivity index (χ2v) is 14.0. The van der Waals surface area contributed by atoms with Gasteiger partial charge < -0.3 is 30.1 Å². The highest BCUT2D eigenvalue weighted by Gasteiger charge is 2.65. The lowest BCUT2D eigenvalue weighted by Crippen LogP contribution is -2.62. The van der Waals surface area contributed by atoms with Gasteiger partial charge in [-0.3, -0.25) is 4.79 Å². The minimum atomic E-state index is -0.403. The summed E-state index contributed by atoms with van der Waals surface area (Å²) in [5.41, 5.74) is 0.747. The van der Waals surface area contributed by atoms with Crippen molar-refractivity contribution >= 4 is 5.91 Å². The fourth-order valence-corrected chi connectivity index (χ4v) is 9.97. The number of hydrogen-bond acceptors (Lipinski definition) is 6. The Bertz CT molecular complexity index is 1060. The van der Waals surface area contributed by atoms with E-state index in [0.717, 1.165) is 56.9 Å². The van der Waals surface area contributed by atoms with E-state index in [1.807, 2.05) is 18.2 Å². The van der Waals surface area contributed by atoms with Crippen LogP contribution in [0.15, 0.2) is 18.2 Å². The smallest absolute Gasteiger partial charge is 0.220 e. The summed E-state index contributed by atoms with van der Waals surface area (Å²) in [6, 6.07) is 5.60. The monoisotopic (exact) mass is 557 g/mol. The number of benzene rings is 1. The molecule has 0 radical (unpaired) electrons. The van der Waals surface area contributed by atoms with Gasteiger partial charge in [-0.05, 0) is 110 Å². The van der Waals surface area contributed by atoms with E-state index in [1.54, 1.807) is 14.2 Å². The molecule has 7 heteroatoms. The molecule has 7 nitrogen and oxygen atoms in total. The Balaban J connectivity index is 1.22. The molecule has 224 valence electrons. The van der Waals surface area contributed by atoms with Crippen molar-refractivity contribution in [2.75, 3.05) is 14.2 Å². The quantitative estimate of drug-likeness (QED) is 0.369. The van der Waals surface area contributed by atoms with Crippen LogP contribution < -0.4 is 14.8 Å². The minimum absolute atomic E-state index is 0.0230. The van der Waals surface area contributed by atoms with Crippen molar-refractivity contribution in [3.05, 3.63) is 23.8 Å². The summed E-state index contributed by atoms with van der Waals surface area (Å²) >= 11 is 0. The molecule has 40 heavy (non-hydrogen) atoms. The normalized spacial score (nSPS) is 41.3. The largest absolute Gasteiger partial charge is 0.497 e. The van der Waals surface area contributed by atoms with E-state index >= 15 is 0 Å². The number of carbonyl (C=O) groups is 1. The number of rotatable bonds is 8. The first kappa shape index (κ1) is 29.7. The summed E-state index contributed by atoms with van der Waals surface area (Å²) in [7, 11) is 3.23. The van der Waals surface area contributed by atoms with E-state index < -0.39 is 6.10 Å². The zero-order valence-electron chi connectivity index (χ0n) is 25.1. The minimum Gasteiger partial charge on any atom is -0.497 e. The molecule has 0 aromatic heterocycles. The highest BCUT2D eigenvalue weighted by Crippen LogP contribution is 2.68. The average molecular weight is 558 g/mol. The van der Waals surface area contributed by atoms with Crippen LogP contribution in [0.25, 0.3) is 0 Å². The maximum Gasteiger partial charge on any atom is 0.220 e. The fourth-order valence-electron chi connectivity index (χ4n) is 9.97. The number of carbonyl (C=O) groups excluding carboxylic acids is 1. The zero-order valence-corrected chi connectivity index (χ0v) is 25.1. The third-order valence-electron chi connectivity index (χ3n) is 12.3. The maximum atomic E-state index is 12.8. The van der Waals surface area contributed by atoms with Gasteiger partial charge in [-0.2, -0.15) is 0 Å². The molecule has 4 saturated carbocycles. The standard InChI is InChI=1S/C33H51NO6/c1-19(6-11-30(38)34-18-20-7-8-23(39-4)16-28(20)40-5)24-9-10-25-31-26(17-29(37)33(24,25)3)32(2)13-12-22(35)14-21(32)15-27(31)36/h7-8,16,19,21-22,24-27,29,31,35-37H,6,9-15,17-18H2,1-5H3,(H,34,38)/t19-,21+,22-,24-,25+,26+,27-,29+,31+,32+,33-/m1/s1. The number of amides is 1. The summed E-state index contributed by atoms with van der Waals surface area (Å²) in [5, 5.41) is 36.7. The van der Waals surface area contributed by atoms with Crippen molar-refractivity contribution in [3.63, 3.8) is 0 Å². The molecule has 0 heterocycles. The first-order valence-corrected chi connectivity index (χ1v) is 15.5. The first-order valence-electron chi connectivity index (χ1n) is 15.5. The molecule has 4 aliphatic rings. The van der Waals surface area contributed by atoms with Crippen molar-refractivity contribution in [2.24, 2.45) is 46.3 Å². The van der Waals surface area contributed by atoms with Gasteiger partial charge in [-0.15, -0.1) is 0 Å². The van der Waals surface area contributed by atoms with E-state index in [0.29, 0.717) is 54.1 Å². The molecule has 0 aliphatic heterocycles. The van der Waals surface area contributed by atoms with Crippen LogP contribution >= 0.6 is 0 Å². The highest BCUT2D eigenvalue weighted by atomic mass is 16.5. The Morgan fingerprint density at radius 1 is 1.05 bits per heavy atom. The predicted molar refractivity (Wildman–Crippen MR) is 154 cm³/mol. The summed E-state index contributed by atoms with van der Waals surface area (Å²) in [6.45, 7) is 7.29. The molecule has 4 fully saturated rings. The van der Waals surface area contributed by atoms with Crippen molar-refractivity contribution in [2.45, 2.75) is 103 Å². The molecule has 1 aromatic carbocycles. The van der Waals surface area contributed by atoms with Gasteiger partial charge in [0.1, 0.15) is 11.5 Å². The lowest BCUT2D eigenvalue weighted by atomic mass is 9.43. The molecule has 1 amide bonds. The van der Waals surface area contributed by atoms with E-state index in [-0.39, 0.29) is 34.9 Å². The van der Waals surface area contributed by atoms with E-state index in [4.69, 9.17) is 9.47 Å². The van der Waals surface area contributed by atoms with Crippen molar-refractivity contribution < 1.29 is 29.6 Å². The summed E-state index contributed by atoms with van der Waals surface area (Å²) in [6.07, 6.45) is 6.39. The van der Waals surface area contributed by atoms with Crippen molar-refractivity contribution in [1.29, 1.82) is 0 Å². The summed E-state index contributed by atoms with van der Waals surface area (Å²) < 4.78 is 10.7. The molecule has 1 aromatic rings. The number of aliphatic hydroxyl groups excluding tert-OH is 3. The Labute approximate surface area is 240 Å². The van der Waals surface area contributed by atoms with E-state index in [2.05, 4.69) is 26.1 Å². The van der Waals surface area contributed by atoms with Crippen LogP contribution in [0.5, 0.6) is 11.5 Å². The Hall–Kier alpha value is -1.83. The lowest BCUT2D eigenvalue weighted by Gasteiger charge is -2.63. The van der Waals surface area contributed by atoms with Crippen LogP contribution in [-0.2, 0) is 11.3 Å². The first-order chi connectivity index (χ1) is 19.0. The van der Waals surface area contributed by atoms with Gasteiger partial charge >= 0.3 is 0 Å². The van der Waals surface area contributed by atoms with E-state index in [9.17, 15) is 20.1 Å². The lowest BCUT2D eigenvalue weighted by molar-refractivity contribution is -0.207. The number of hydrogen-bond donors (Lipinski definition) is 4. The fraction of sp³-hybridized carbons (Fsp3) is 0.788. The van der Waals surface area contributed by atoms with Crippen LogP contribution in [0.4, 0.5) is 0 Å². The molecule has 4 aliphatic carbocycles. The van der Waals surface area contributed by atoms with Crippen LogP contribution in [0, 0.1) is 46.3 Å². The molecule has 11 atom stereocenters. The van der Waals surface area contributed by atoms with Gasteiger partial charge in [-0.25, -0.2) is 0 Å². The summed E-state index contributed by atoms with van der Waals surface area (Å²) in [5.74, 6) is 3.20. The van der Waals surface area contributed by atoms with Gasteiger partial charge in [0.25, 0.3) is 0 Å². The molecular weight excluding hydrogens is 506 g/mol. The maximum absolute atomic E-state index is 12.8. The van der Waals surface area contributed by atoms with Crippen molar-refractivity contribution in [1.82, 2.24) is 5.32 Å². The Morgan fingerprint density at radius 2 is 1.82 bits per heavy atom. The second-order valence-electron chi connectivity index (χ2n) is 14.0. The third kappa shape index (κ3) is 5.05. The van der Waals surface area contributed by atoms with Crippen LogP contribution in [-0.4, -0.2) is 53.8 Å². The number of aliphatic hydroxyl groups is 3. The SMILES string of the molecule is COc1ccc(CNC(=O)CC[C@@H](C)[C@H]2CC[C@H]3[C@@H]4[C@H](O)C[C@@H]5C[C@H](O)CC[C@]5(C)[C@H]4C[C@H](O)[C@]23C)c(OC)c1. The van der Waals surface area contributed by atoms with Gasteiger partial charge in [0.05, 0.1) is 32.5 Å². The van der Waals surface area contributed by atoms with Gasteiger partial charge in [-0.1, -0.05) is 20.8 Å². The molecule has 4 N–H and O–H groups in total. The number of nitrogens with one attached hydrogen (secondary N) is 1. The Kier molecular flexibility index (Phi) is 8.49. The molecule has 0 saturated heterocycles. The number of fused-ring (bicyclic) bond motifs is 5. The van der Waals surface area contributed by atoms with E-state index in [1.165, 1.54) is 0 Å². The predicted octanol–water partition coefficient (Wildman–Crippen LogP) is 4.70. The van der Waals surface area contributed by atoms with Crippen LogP contribution in [0.3, 0.4) is 0 Å². The van der Waals surface area contributed by atoms with Gasteiger partial charge in [0.2, 0.25) is 5.91 Å². The Morgan fingerprint density at radius 3 is 2.55 bits per heavy atom. The van der Waals surface area contributed by atoms with Crippen LogP contribution in [0.2, 0.25) is 0 Å². The number of methoxy groups -OCH3 is 2. The third-order valence-corrected chi connectivity index (χ3v) is 12.3. The van der Waals surface area contributed by atoms with Crippen molar-refractivity contribution in [3.8, 4) is 11.5 Å². The molecule has 5 rings (SSSR count). The number of ether oxygens (including phenoxy) is 2. The average Bonchev–Trinajstić information content (AvgIpc) is 3.30. The molecular formula is C33H51NO6. The molecule has 0 bridgehead atoms. The zero-order chi connectivity index (χ0) is 28.8.